The van der Waals surface area contributed by atoms with Gasteiger partial charge < -0.3 is 14.6 Å². The number of carbonyl (C=O) groups excluding carboxylic acids is 1. The second-order valence-corrected chi connectivity index (χ2v) is 8.10. The molecule has 3 aromatic carbocycles. The van der Waals surface area contributed by atoms with Gasteiger partial charge in [0.2, 0.25) is 5.91 Å². The molecule has 0 saturated carbocycles. The zero-order valence-corrected chi connectivity index (χ0v) is 19.1. The zero-order chi connectivity index (χ0) is 23.0. The van der Waals surface area contributed by atoms with Crippen molar-refractivity contribution < 1.29 is 9.53 Å². The van der Waals surface area contributed by atoms with E-state index >= 15 is 0 Å². The molecular formula is C28H29N3O2. The van der Waals surface area contributed by atoms with Crippen molar-refractivity contribution in [1.29, 1.82) is 0 Å². The van der Waals surface area contributed by atoms with Crippen LogP contribution in [-0.4, -0.2) is 22.1 Å². The standard InChI is InChI=1S/C28H29N3O2/c1-21-10-8-13-24(20-21)33-19-9-18-31-26-15-7-6-14-25(26)30-28(31)22(2)29-27(32)17-16-23-11-4-3-5-12-23/h3-8,10-17,20,22H,9,18-19H2,1-2H3,(H,29,32)/b17-16-. The number of nitrogens with zero attached hydrogens (tertiary/aromatic N) is 2. The molecule has 1 unspecified atom stereocenters. The van der Waals surface area contributed by atoms with Crippen molar-refractivity contribution >= 4 is 23.0 Å². The molecular weight excluding hydrogens is 410 g/mol. The maximum atomic E-state index is 12.5. The summed E-state index contributed by atoms with van der Waals surface area (Å²) in [4.78, 5) is 17.3. The number of hydrogen-bond acceptors (Lipinski definition) is 3. The predicted molar refractivity (Wildman–Crippen MR) is 133 cm³/mol. The Morgan fingerprint density at radius 3 is 2.67 bits per heavy atom. The number of rotatable bonds is 9. The third-order valence-corrected chi connectivity index (χ3v) is 5.44. The van der Waals surface area contributed by atoms with Gasteiger partial charge in [0.1, 0.15) is 11.6 Å². The van der Waals surface area contributed by atoms with E-state index in [4.69, 9.17) is 9.72 Å². The van der Waals surface area contributed by atoms with Crippen LogP contribution in [-0.2, 0) is 11.3 Å². The molecule has 1 aromatic heterocycles. The molecule has 1 amide bonds. The summed E-state index contributed by atoms with van der Waals surface area (Å²) in [6.07, 6.45) is 4.21. The Balaban J connectivity index is 1.43. The molecule has 1 heterocycles. The van der Waals surface area contributed by atoms with Gasteiger partial charge in [0.25, 0.3) is 0 Å². The number of amides is 1. The SMILES string of the molecule is Cc1cccc(OCCCn2c(C(C)NC(=O)/C=C\c3ccccc3)nc3ccccc32)c1. The van der Waals surface area contributed by atoms with Gasteiger partial charge in [-0.2, -0.15) is 0 Å². The van der Waals surface area contributed by atoms with Gasteiger partial charge in [-0.15, -0.1) is 0 Å². The lowest BCUT2D eigenvalue weighted by molar-refractivity contribution is -0.117. The first-order valence-electron chi connectivity index (χ1n) is 11.3. The summed E-state index contributed by atoms with van der Waals surface area (Å²) in [5, 5.41) is 3.05. The number of nitrogens with one attached hydrogen (secondary N) is 1. The monoisotopic (exact) mass is 439 g/mol. The molecule has 0 aliphatic rings. The van der Waals surface area contributed by atoms with E-state index in [0.717, 1.165) is 41.1 Å². The molecule has 0 aliphatic heterocycles. The number of aryl methyl sites for hydroxylation is 2. The summed E-state index contributed by atoms with van der Waals surface area (Å²) in [7, 11) is 0. The molecule has 0 bridgehead atoms. The highest BCUT2D eigenvalue weighted by Gasteiger charge is 2.17. The number of aromatic nitrogens is 2. The topological polar surface area (TPSA) is 56.1 Å². The Kier molecular flexibility index (Phi) is 7.20. The minimum atomic E-state index is -0.233. The predicted octanol–water partition coefficient (Wildman–Crippen LogP) is 5.70. The summed E-state index contributed by atoms with van der Waals surface area (Å²) in [6.45, 7) is 5.38. The molecule has 1 N–H and O–H groups in total. The largest absolute Gasteiger partial charge is 0.494 e. The summed E-state index contributed by atoms with van der Waals surface area (Å²) in [6, 6.07) is 25.7. The van der Waals surface area contributed by atoms with Gasteiger partial charge in [-0.1, -0.05) is 54.6 Å². The number of carbonyl (C=O) groups is 1. The fraction of sp³-hybridized carbons (Fsp3) is 0.214. The number of hydrogen-bond donors (Lipinski definition) is 1. The van der Waals surface area contributed by atoms with Gasteiger partial charge >= 0.3 is 0 Å². The maximum absolute atomic E-state index is 12.5. The van der Waals surface area contributed by atoms with Gasteiger partial charge in [0, 0.05) is 12.6 Å². The van der Waals surface area contributed by atoms with Crippen LogP contribution in [0.5, 0.6) is 5.75 Å². The fourth-order valence-electron chi connectivity index (χ4n) is 3.84. The van der Waals surface area contributed by atoms with Crippen molar-refractivity contribution in [2.24, 2.45) is 0 Å². The molecule has 0 spiro atoms. The number of fused-ring (bicyclic) bond motifs is 1. The van der Waals surface area contributed by atoms with Gasteiger partial charge in [-0.3, -0.25) is 4.79 Å². The van der Waals surface area contributed by atoms with Crippen LogP contribution in [0.25, 0.3) is 17.1 Å². The molecule has 0 saturated heterocycles. The van der Waals surface area contributed by atoms with E-state index in [1.807, 2.05) is 79.7 Å². The van der Waals surface area contributed by atoms with Crippen molar-refractivity contribution in [3.63, 3.8) is 0 Å². The van der Waals surface area contributed by atoms with Gasteiger partial charge in [-0.05, 0) is 61.7 Å². The summed E-state index contributed by atoms with van der Waals surface area (Å²) in [5.41, 5.74) is 4.15. The highest BCUT2D eigenvalue weighted by Crippen LogP contribution is 2.22. The minimum absolute atomic E-state index is 0.146. The Hall–Kier alpha value is -3.86. The van der Waals surface area contributed by atoms with E-state index in [2.05, 4.69) is 28.9 Å². The molecule has 0 fully saturated rings. The van der Waals surface area contributed by atoms with E-state index in [0.29, 0.717) is 6.61 Å². The van der Waals surface area contributed by atoms with Crippen molar-refractivity contribution in [2.45, 2.75) is 32.9 Å². The first-order chi connectivity index (χ1) is 16.1. The van der Waals surface area contributed by atoms with Crippen LogP contribution in [0.4, 0.5) is 0 Å². The highest BCUT2D eigenvalue weighted by molar-refractivity contribution is 5.92. The Morgan fingerprint density at radius 2 is 1.85 bits per heavy atom. The minimum Gasteiger partial charge on any atom is -0.494 e. The normalized spacial score (nSPS) is 12.2. The average Bonchev–Trinajstić information content (AvgIpc) is 3.20. The van der Waals surface area contributed by atoms with Gasteiger partial charge in [-0.25, -0.2) is 4.98 Å². The number of para-hydroxylation sites is 2. The van der Waals surface area contributed by atoms with Crippen molar-refractivity contribution in [3.05, 3.63) is 102 Å². The Labute approximate surface area is 194 Å². The third kappa shape index (κ3) is 5.89. The van der Waals surface area contributed by atoms with Gasteiger partial charge in [0.05, 0.1) is 23.7 Å². The molecule has 5 nitrogen and oxygen atoms in total. The molecule has 0 radical (unpaired) electrons. The van der Waals surface area contributed by atoms with Crippen molar-refractivity contribution in [1.82, 2.24) is 14.9 Å². The van der Waals surface area contributed by atoms with Crippen LogP contribution in [0.2, 0.25) is 0 Å². The fourth-order valence-corrected chi connectivity index (χ4v) is 3.84. The van der Waals surface area contributed by atoms with Crippen LogP contribution in [0.15, 0.2) is 84.9 Å². The zero-order valence-electron chi connectivity index (χ0n) is 19.1. The van der Waals surface area contributed by atoms with Crippen molar-refractivity contribution in [3.8, 4) is 5.75 Å². The first-order valence-corrected chi connectivity index (χ1v) is 11.3. The molecule has 4 rings (SSSR count). The molecule has 168 valence electrons. The lowest BCUT2D eigenvalue weighted by Crippen LogP contribution is -2.27. The van der Waals surface area contributed by atoms with Gasteiger partial charge in [0.15, 0.2) is 0 Å². The third-order valence-electron chi connectivity index (χ3n) is 5.44. The highest BCUT2D eigenvalue weighted by atomic mass is 16.5. The molecule has 33 heavy (non-hydrogen) atoms. The van der Waals surface area contributed by atoms with E-state index in [1.165, 1.54) is 5.56 Å². The maximum Gasteiger partial charge on any atom is 0.244 e. The average molecular weight is 440 g/mol. The summed E-state index contributed by atoms with van der Waals surface area (Å²) >= 11 is 0. The molecule has 1 atom stereocenters. The van der Waals surface area contributed by atoms with E-state index in [9.17, 15) is 4.79 Å². The molecule has 4 aromatic rings. The van der Waals surface area contributed by atoms with E-state index < -0.39 is 0 Å². The number of imidazole rings is 1. The Bertz CT molecular complexity index is 1240. The summed E-state index contributed by atoms with van der Waals surface area (Å²) in [5.74, 6) is 1.58. The number of ether oxygens (including phenoxy) is 1. The van der Waals surface area contributed by atoms with E-state index in [1.54, 1.807) is 6.08 Å². The first kappa shape index (κ1) is 22.3. The summed E-state index contributed by atoms with van der Waals surface area (Å²) < 4.78 is 8.10. The molecule has 0 aliphatic carbocycles. The number of benzene rings is 3. The second-order valence-electron chi connectivity index (χ2n) is 8.10. The lowest BCUT2D eigenvalue weighted by Gasteiger charge is -2.16. The Morgan fingerprint density at radius 1 is 1.06 bits per heavy atom. The lowest BCUT2D eigenvalue weighted by atomic mass is 10.2. The molecule has 5 heteroatoms. The van der Waals surface area contributed by atoms with Crippen molar-refractivity contribution in [2.75, 3.05) is 6.61 Å². The quantitative estimate of drug-likeness (QED) is 0.269. The second kappa shape index (κ2) is 10.6. The van der Waals surface area contributed by atoms with Crippen LogP contribution in [0.1, 0.15) is 36.3 Å². The smallest absolute Gasteiger partial charge is 0.244 e. The van der Waals surface area contributed by atoms with Crippen LogP contribution in [0, 0.1) is 6.92 Å². The van der Waals surface area contributed by atoms with Crippen LogP contribution < -0.4 is 10.1 Å². The van der Waals surface area contributed by atoms with Crippen LogP contribution >= 0.6 is 0 Å². The van der Waals surface area contributed by atoms with Crippen LogP contribution in [0.3, 0.4) is 0 Å². The van der Waals surface area contributed by atoms with E-state index in [-0.39, 0.29) is 11.9 Å².